The van der Waals surface area contributed by atoms with Crippen molar-refractivity contribution in [2.75, 3.05) is 13.2 Å². The van der Waals surface area contributed by atoms with Gasteiger partial charge in [-0.2, -0.15) is 0 Å². The molecule has 1 saturated carbocycles. The van der Waals surface area contributed by atoms with Crippen molar-refractivity contribution in [1.29, 1.82) is 0 Å². The third-order valence-corrected chi connectivity index (χ3v) is 7.75. The predicted molar refractivity (Wildman–Crippen MR) is 155 cm³/mol. The molecule has 11 nitrogen and oxygen atoms in total. The molecular formula is C29H38ClF2N5O6. The van der Waals surface area contributed by atoms with Crippen LogP contribution in [0.5, 0.6) is 0 Å². The Bertz CT molecular complexity index is 1360. The van der Waals surface area contributed by atoms with E-state index in [1.54, 1.807) is 13.8 Å². The minimum absolute atomic E-state index is 0. The Balaban J connectivity index is 0.00000506. The van der Waals surface area contributed by atoms with Crippen LogP contribution in [0.25, 0.3) is 10.9 Å². The van der Waals surface area contributed by atoms with Gasteiger partial charge in [-0.25, -0.2) is 8.78 Å². The Morgan fingerprint density at radius 2 is 1.77 bits per heavy atom. The number of carbonyl (C=O) groups excluding carboxylic acids is 5. The molecule has 0 unspecified atom stereocenters. The largest absolute Gasteiger partial charge is 0.456 e. The summed E-state index contributed by atoms with van der Waals surface area (Å²) in [6, 6.07) is -0.0844. The number of hydrogen-bond donors (Lipinski definition) is 5. The van der Waals surface area contributed by atoms with Gasteiger partial charge in [-0.05, 0) is 49.7 Å². The first kappa shape index (κ1) is 33.9. The molecule has 0 bridgehead atoms. The highest BCUT2D eigenvalue weighted by molar-refractivity contribution is 6.01. The molecule has 14 heteroatoms. The number of hydrogen-bond acceptors (Lipinski definition) is 7. The molecule has 6 N–H and O–H groups in total. The number of aromatic amines is 1. The van der Waals surface area contributed by atoms with Crippen LogP contribution >= 0.6 is 12.4 Å². The van der Waals surface area contributed by atoms with Crippen LogP contribution in [0.3, 0.4) is 0 Å². The highest BCUT2D eigenvalue weighted by Crippen LogP contribution is 2.34. The highest BCUT2D eigenvalue weighted by atomic mass is 35.5. The minimum atomic E-state index is -1.17. The summed E-state index contributed by atoms with van der Waals surface area (Å²) < 4.78 is 32.9. The van der Waals surface area contributed by atoms with E-state index in [2.05, 4.69) is 20.9 Å². The van der Waals surface area contributed by atoms with Crippen LogP contribution < -0.4 is 21.7 Å². The number of rotatable bonds is 13. The zero-order valence-corrected chi connectivity index (χ0v) is 24.9. The Morgan fingerprint density at radius 1 is 1.05 bits per heavy atom. The maximum absolute atomic E-state index is 14.2. The Morgan fingerprint density at radius 3 is 2.42 bits per heavy atom. The summed E-state index contributed by atoms with van der Waals surface area (Å²) >= 11 is 0. The van der Waals surface area contributed by atoms with Gasteiger partial charge in [0, 0.05) is 23.9 Å². The van der Waals surface area contributed by atoms with Crippen molar-refractivity contribution in [3.05, 3.63) is 35.5 Å². The number of halogens is 3. The summed E-state index contributed by atoms with van der Waals surface area (Å²) in [4.78, 5) is 67.0. The molecule has 0 spiro atoms. The van der Waals surface area contributed by atoms with Crippen LogP contribution in [-0.2, 0) is 23.9 Å². The summed E-state index contributed by atoms with van der Waals surface area (Å²) in [5.74, 6) is -5.20. The van der Waals surface area contributed by atoms with Gasteiger partial charge in [0.2, 0.25) is 11.8 Å². The number of ether oxygens (including phenoxy) is 1. The fraction of sp³-hybridized carbons (Fsp3) is 0.552. The summed E-state index contributed by atoms with van der Waals surface area (Å²) in [7, 11) is 0. The Kier molecular flexibility index (Phi) is 11.6. The van der Waals surface area contributed by atoms with E-state index in [1.807, 2.05) is 0 Å². The van der Waals surface area contributed by atoms with E-state index in [-0.39, 0.29) is 53.2 Å². The molecule has 4 atom stereocenters. The van der Waals surface area contributed by atoms with Crippen molar-refractivity contribution in [2.24, 2.45) is 23.5 Å². The first-order chi connectivity index (χ1) is 19.9. The monoisotopic (exact) mass is 625 g/mol. The number of ketones is 1. The van der Waals surface area contributed by atoms with Crippen LogP contribution in [0.2, 0.25) is 0 Å². The molecule has 2 fully saturated rings. The third-order valence-electron chi connectivity index (χ3n) is 7.75. The first-order valence-corrected chi connectivity index (χ1v) is 14.2. The summed E-state index contributed by atoms with van der Waals surface area (Å²) in [6.07, 6.45) is 3.24. The number of benzene rings is 1. The van der Waals surface area contributed by atoms with Gasteiger partial charge in [-0.1, -0.05) is 26.7 Å². The summed E-state index contributed by atoms with van der Waals surface area (Å²) in [5, 5.41) is 8.22. The molecule has 4 rings (SSSR count). The van der Waals surface area contributed by atoms with E-state index in [1.165, 1.54) is 6.07 Å². The smallest absolute Gasteiger partial charge is 0.323 e. The van der Waals surface area contributed by atoms with E-state index in [0.29, 0.717) is 31.9 Å². The number of nitrogens with two attached hydrogens (primary N) is 1. The van der Waals surface area contributed by atoms with Gasteiger partial charge in [0.15, 0.2) is 12.4 Å². The Labute approximate surface area is 253 Å². The lowest BCUT2D eigenvalue weighted by atomic mass is 9.90. The number of piperidine rings is 1. The van der Waals surface area contributed by atoms with Gasteiger partial charge < -0.3 is 31.4 Å². The molecule has 236 valence electrons. The lowest BCUT2D eigenvalue weighted by Crippen LogP contribution is -2.54. The summed E-state index contributed by atoms with van der Waals surface area (Å²) in [6.45, 7) is 3.34. The normalized spacial score (nSPS) is 18.7. The van der Waals surface area contributed by atoms with Gasteiger partial charge in [0.25, 0.3) is 5.91 Å². The van der Waals surface area contributed by atoms with Gasteiger partial charge in [-0.15, -0.1) is 12.4 Å². The van der Waals surface area contributed by atoms with Crippen molar-refractivity contribution in [3.8, 4) is 0 Å². The van der Waals surface area contributed by atoms with E-state index in [4.69, 9.17) is 10.5 Å². The predicted octanol–water partition coefficient (Wildman–Crippen LogP) is 2.26. The fourth-order valence-corrected chi connectivity index (χ4v) is 4.94. The van der Waals surface area contributed by atoms with Gasteiger partial charge in [-0.3, -0.25) is 24.0 Å². The zero-order chi connectivity index (χ0) is 30.6. The van der Waals surface area contributed by atoms with Crippen LogP contribution in [0, 0.1) is 29.4 Å². The molecule has 1 saturated heterocycles. The molecule has 1 aromatic carbocycles. The van der Waals surface area contributed by atoms with E-state index in [9.17, 15) is 32.8 Å². The quantitative estimate of drug-likeness (QED) is 0.212. The molecular weight excluding hydrogens is 588 g/mol. The topological polar surface area (TPSA) is 172 Å². The second-order valence-electron chi connectivity index (χ2n) is 11.5. The average molecular weight is 626 g/mol. The van der Waals surface area contributed by atoms with Crippen molar-refractivity contribution < 1.29 is 37.5 Å². The summed E-state index contributed by atoms with van der Waals surface area (Å²) in [5.41, 5.74) is 5.69. The number of carbonyl (C=O) groups is 5. The maximum Gasteiger partial charge on any atom is 0.323 e. The van der Waals surface area contributed by atoms with Crippen molar-refractivity contribution in [3.63, 3.8) is 0 Å². The number of fused-ring (bicyclic) bond motifs is 1. The van der Waals surface area contributed by atoms with Crippen molar-refractivity contribution in [2.45, 2.75) is 70.5 Å². The molecule has 1 aromatic heterocycles. The number of H-pyrrole nitrogens is 1. The molecule has 0 radical (unpaired) electrons. The maximum atomic E-state index is 14.2. The Hall–Kier alpha value is -3.58. The van der Waals surface area contributed by atoms with E-state index < -0.39 is 65.9 Å². The number of aromatic nitrogens is 1. The molecule has 2 aliphatic rings. The zero-order valence-electron chi connectivity index (χ0n) is 24.0. The number of amides is 3. The van der Waals surface area contributed by atoms with E-state index in [0.717, 1.165) is 18.9 Å². The average Bonchev–Trinajstić information content (AvgIpc) is 3.66. The van der Waals surface area contributed by atoms with Crippen LogP contribution in [0.15, 0.2) is 18.2 Å². The molecule has 43 heavy (non-hydrogen) atoms. The standard InChI is InChI=1S/C29H37F2N5O6.ClH/c1-14(2)24(32)29(41)42-13-23(37)20(10-16-4-3-7-33-26(16)38)35-27(39)21(8-15-5-6-15)36-28(40)22-11-17-9-18(30)12-19(31)25(17)34-22;/h9,11-12,14-16,20-21,24,34H,3-8,10,13,32H2,1-2H3,(H,33,38)(H,35,39)(H,36,40);1H/t16-,20-,21-,24-;/m0./s1. The fourth-order valence-electron chi connectivity index (χ4n) is 4.94. The second kappa shape index (κ2) is 14.7. The number of Topliss-reactive ketones (excluding diaryl/α,β-unsaturated/α-hetero) is 1. The molecule has 2 aromatic rings. The van der Waals surface area contributed by atoms with Crippen molar-refractivity contribution in [1.82, 2.24) is 20.9 Å². The molecule has 3 amide bonds. The lowest BCUT2D eigenvalue weighted by molar-refractivity contribution is -0.151. The van der Waals surface area contributed by atoms with Crippen LogP contribution in [-0.4, -0.2) is 65.7 Å². The van der Waals surface area contributed by atoms with E-state index >= 15 is 0 Å². The van der Waals surface area contributed by atoms with Gasteiger partial charge >= 0.3 is 5.97 Å². The van der Waals surface area contributed by atoms with Gasteiger partial charge in [0.1, 0.15) is 29.4 Å². The highest BCUT2D eigenvalue weighted by Gasteiger charge is 2.35. The van der Waals surface area contributed by atoms with Crippen LogP contribution in [0.4, 0.5) is 8.78 Å². The van der Waals surface area contributed by atoms with Crippen molar-refractivity contribution >= 4 is 52.8 Å². The molecule has 2 heterocycles. The SMILES string of the molecule is CC(C)[C@H](N)C(=O)OCC(=O)[C@H](C[C@@H]1CCCNC1=O)NC(=O)[C@H](CC1CC1)NC(=O)c1cc2cc(F)cc(F)c2[nH]1.Cl. The minimum Gasteiger partial charge on any atom is -0.456 e. The number of nitrogens with one attached hydrogen (secondary N) is 4. The number of esters is 1. The molecule has 1 aliphatic carbocycles. The van der Waals surface area contributed by atoms with Gasteiger partial charge in [0.05, 0.1) is 11.6 Å². The van der Waals surface area contributed by atoms with Crippen LogP contribution in [0.1, 0.15) is 62.9 Å². The molecule has 1 aliphatic heterocycles. The second-order valence-corrected chi connectivity index (χ2v) is 11.5. The lowest BCUT2D eigenvalue weighted by Gasteiger charge is -2.28. The third kappa shape index (κ3) is 8.96. The first-order valence-electron chi connectivity index (χ1n) is 14.2.